The molecule has 0 amide bonds. The molecule has 3 aromatic heterocycles. The quantitative estimate of drug-likeness (QED) is 0.581. The third-order valence-corrected chi connectivity index (χ3v) is 8.46. The van der Waals surface area contributed by atoms with E-state index in [1.54, 1.807) is 30.1 Å². The van der Waals surface area contributed by atoms with Crippen molar-refractivity contribution in [1.29, 1.82) is 5.26 Å². The molecule has 34 heavy (non-hydrogen) atoms. The number of pyridine rings is 1. The van der Waals surface area contributed by atoms with Crippen molar-refractivity contribution in [2.24, 2.45) is 7.05 Å². The van der Waals surface area contributed by atoms with Crippen LogP contribution < -0.4 is 10.9 Å². The molecule has 1 saturated heterocycles. The van der Waals surface area contributed by atoms with Crippen molar-refractivity contribution in [3.8, 4) is 6.07 Å². The van der Waals surface area contributed by atoms with Gasteiger partial charge in [-0.25, -0.2) is 13.4 Å². The van der Waals surface area contributed by atoms with Gasteiger partial charge in [-0.05, 0) is 37.8 Å². The number of anilines is 1. The number of sulfonamides is 1. The molecular weight excluding hydrogens is 456 g/mol. The predicted octanol–water partition coefficient (Wildman–Crippen LogP) is 1.78. The largest absolute Gasteiger partial charge is 0.351 e. The molecule has 0 atom stereocenters. The van der Waals surface area contributed by atoms with Crippen molar-refractivity contribution in [3.05, 3.63) is 40.4 Å². The first-order chi connectivity index (χ1) is 16.4. The minimum absolute atomic E-state index is 0.00216. The molecule has 4 heterocycles. The van der Waals surface area contributed by atoms with Gasteiger partial charge in [-0.2, -0.15) is 19.6 Å². The maximum atomic E-state index is 12.9. The van der Waals surface area contributed by atoms with Gasteiger partial charge in [0, 0.05) is 50.0 Å². The molecule has 2 fully saturated rings. The van der Waals surface area contributed by atoms with E-state index in [4.69, 9.17) is 0 Å². The predicted molar refractivity (Wildman–Crippen MR) is 125 cm³/mol. The maximum absolute atomic E-state index is 12.9. The summed E-state index contributed by atoms with van der Waals surface area (Å²) in [6.07, 6.45) is 8.31. The van der Waals surface area contributed by atoms with Gasteiger partial charge in [0.25, 0.3) is 15.6 Å². The van der Waals surface area contributed by atoms with E-state index in [-0.39, 0.29) is 28.2 Å². The highest BCUT2D eigenvalue weighted by Gasteiger charge is 2.31. The van der Waals surface area contributed by atoms with Crippen molar-refractivity contribution in [1.82, 2.24) is 28.6 Å². The zero-order valence-corrected chi connectivity index (χ0v) is 19.7. The second-order valence-corrected chi connectivity index (χ2v) is 10.8. The average molecular weight is 483 g/mol. The first-order valence-electron chi connectivity index (χ1n) is 11.5. The van der Waals surface area contributed by atoms with Crippen molar-refractivity contribution < 1.29 is 8.42 Å². The van der Waals surface area contributed by atoms with E-state index in [0.29, 0.717) is 42.9 Å². The Labute approximate surface area is 197 Å². The molecule has 5 rings (SSSR count). The molecule has 1 N–H and O–H groups in total. The lowest BCUT2D eigenvalue weighted by Gasteiger charge is -2.31. The van der Waals surface area contributed by atoms with E-state index in [9.17, 15) is 18.5 Å². The molecule has 0 bridgehead atoms. The average Bonchev–Trinajstić information content (AvgIpc) is 3.51. The number of piperidine rings is 1. The van der Waals surface area contributed by atoms with E-state index < -0.39 is 10.0 Å². The monoisotopic (exact) mass is 482 g/mol. The zero-order valence-electron chi connectivity index (χ0n) is 18.9. The topological polar surface area (TPSA) is 139 Å². The van der Waals surface area contributed by atoms with Crippen LogP contribution in [0, 0.1) is 11.3 Å². The second-order valence-electron chi connectivity index (χ2n) is 8.91. The number of fused-ring (bicyclic) bond motifs is 1. The lowest BCUT2D eigenvalue weighted by Crippen LogP contribution is -2.42. The van der Waals surface area contributed by atoms with Crippen LogP contribution in [0.3, 0.4) is 0 Å². The van der Waals surface area contributed by atoms with Crippen LogP contribution in [0.4, 0.5) is 5.95 Å². The van der Waals surface area contributed by atoms with Gasteiger partial charge in [0.1, 0.15) is 17.3 Å². The summed E-state index contributed by atoms with van der Waals surface area (Å²) >= 11 is 0. The number of aromatic nitrogens is 5. The van der Waals surface area contributed by atoms with Gasteiger partial charge >= 0.3 is 0 Å². The molecule has 2 aliphatic rings. The molecule has 0 radical (unpaired) electrons. The van der Waals surface area contributed by atoms with E-state index in [1.165, 1.54) is 15.1 Å². The summed E-state index contributed by atoms with van der Waals surface area (Å²) in [6.45, 7) is 0.727. The lowest BCUT2D eigenvalue weighted by molar-refractivity contribution is 0.328. The van der Waals surface area contributed by atoms with Crippen LogP contribution >= 0.6 is 0 Å². The molecule has 0 aromatic carbocycles. The van der Waals surface area contributed by atoms with Crippen molar-refractivity contribution in [2.45, 2.75) is 55.6 Å². The van der Waals surface area contributed by atoms with Crippen LogP contribution in [0.1, 0.15) is 50.1 Å². The Balaban J connectivity index is 1.35. The van der Waals surface area contributed by atoms with Crippen LogP contribution in [0.25, 0.3) is 11.0 Å². The minimum atomic E-state index is -3.61. The molecular formula is C22H26N8O3S. The Morgan fingerprint density at radius 2 is 1.91 bits per heavy atom. The number of nitriles is 1. The summed E-state index contributed by atoms with van der Waals surface area (Å²) < 4.78 is 30.2. The summed E-state index contributed by atoms with van der Waals surface area (Å²) in [6, 6.07) is 5.08. The summed E-state index contributed by atoms with van der Waals surface area (Å²) in [5.41, 5.74) is 0.327. The summed E-state index contributed by atoms with van der Waals surface area (Å²) in [5, 5.41) is 17.5. The number of rotatable bonds is 5. The van der Waals surface area contributed by atoms with Crippen LogP contribution in [0.2, 0.25) is 0 Å². The molecule has 12 heteroatoms. The van der Waals surface area contributed by atoms with E-state index in [2.05, 4.69) is 20.4 Å². The first-order valence-corrected chi connectivity index (χ1v) is 12.9. The molecule has 3 aromatic rings. The fourth-order valence-corrected chi connectivity index (χ4v) is 6.28. The molecule has 0 spiro atoms. The minimum Gasteiger partial charge on any atom is -0.351 e. The highest BCUT2D eigenvalue weighted by molar-refractivity contribution is 7.89. The van der Waals surface area contributed by atoms with Crippen molar-refractivity contribution in [3.63, 3.8) is 0 Å². The number of hydrogen-bond donors (Lipinski definition) is 1. The maximum Gasteiger partial charge on any atom is 0.270 e. The van der Waals surface area contributed by atoms with E-state index in [0.717, 1.165) is 25.7 Å². The normalized spacial score (nSPS) is 18.4. The molecule has 1 saturated carbocycles. The Bertz CT molecular complexity index is 1420. The number of nitrogens with one attached hydrogen (secondary N) is 1. The standard InChI is InChI=1S/C22H26N8O3S/c1-28-9-8-19(27-28)34(32,33)29-10-6-17(7-11-29)25-22-24-14-16-12-15(13-23)21(31)30(20(16)26-22)18-4-2-3-5-18/h8-9,12,14,17-18H,2-7,10-11H2,1H3,(H,24,25,26). The van der Waals surface area contributed by atoms with Crippen LogP contribution in [-0.2, 0) is 17.1 Å². The van der Waals surface area contributed by atoms with E-state index in [1.807, 2.05) is 6.07 Å². The Morgan fingerprint density at radius 1 is 1.18 bits per heavy atom. The molecule has 178 valence electrons. The highest BCUT2D eigenvalue weighted by Crippen LogP contribution is 2.31. The number of aryl methyl sites for hydroxylation is 1. The number of hydrogen-bond acceptors (Lipinski definition) is 8. The Hall–Kier alpha value is -3.30. The van der Waals surface area contributed by atoms with Gasteiger partial charge in [0.2, 0.25) is 5.95 Å². The van der Waals surface area contributed by atoms with Crippen molar-refractivity contribution >= 4 is 27.0 Å². The van der Waals surface area contributed by atoms with Gasteiger partial charge in [0.15, 0.2) is 5.03 Å². The molecule has 1 aliphatic heterocycles. The SMILES string of the molecule is Cn1ccc(S(=O)(=O)N2CCC(Nc3ncc4cc(C#N)c(=O)n(C5CCCC5)c4n3)CC2)n1. The van der Waals surface area contributed by atoms with Gasteiger partial charge in [-0.15, -0.1) is 0 Å². The van der Waals surface area contributed by atoms with Crippen LogP contribution in [0.15, 0.2) is 34.3 Å². The Kier molecular flexibility index (Phi) is 5.83. The summed E-state index contributed by atoms with van der Waals surface area (Å²) in [5.74, 6) is 0.398. The lowest BCUT2D eigenvalue weighted by atomic mass is 10.1. The summed E-state index contributed by atoms with van der Waals surface area (Å²) in [7, 11) is -1.93. The fraction of sp³-hybridized carbons (Fsp3) is 0.500. The van der Waals surface area contributed by atoms with Gasteiger partial charge in [0.05, 0.1) is 0 Å². The third-order valence-electron chi connectivity index (χ3n) is 6.66. The van der Waals surface area contributed by atoms with Gasteiger partial charge in [-0.1, -0.05) is 12.8 Å². The second kappa shape index (κ2) is 8.81. The highest BCUT2D eigenvalue weighted by atomic mass is 32.2. The molecule has 11 nitrogen and oxygen atoms in total. The van der Waals surface area contributed by atoms with Crippen LogP contribution in [0.5, 0.6) is 0 Å². The number of nitrogens with zero attached hydrogens (tertiary/aromatic N) is 7. The van der Waals surface area contributed by atoms with Crippen molar-refractivity contribution in [2.75, 3.05) is 18.4 Å². The third kappa shape index (κ3) is 4.05. The van der Waals surface area contributed by atoms with Gasteiger partial charge in [-0.3, -0.25) is 14.0 Å². The smallest absolute Gasteiger partial charge is 0.270 e. The van der Waals surface area contributed by atoms with E-state index >= 15 is 0 Å². The Morgan fingerprint density at radius 3 is 2.56 bits per heavy atom. The first kappa shape index (κ1) is 22.5. The fourth-order valence-electron chi connectivity index (χ4n) is 4.86. The van der Waals surface area contributed by atoms with Crippen LogP contribution in [-0.4, -0.2) is 56.2 Å². The zero-order chi connectivity index (χ0) is 23.9. The molecule has 1 aliphatic carbocycles. The molecule has 0 unspecified atom stereocenters. The van der Waals surface area contributed by atoms with Gasteiger partial charge < -0.3 is 5.32 Å². The summed E-state index contributed by atoms with van der Waals surface area (Å²) in [4.78, 5) is 22.0.